The molecule has 1 fully saturated rings. The summed E-state index contributed by atoms with van der Waals surface area (Å²) in [4.78, 5) is 26.8. The fourth-order valence-corrected chi connectivity index (χ4v) is 4.90. The van der Waals surface area contributed by atoms with Gasteiger partial charge in [0, 0.05) is 18.2 Å². The van der Waals surface area contributed by atoms with Gasteiger partial charge in [-0.25, -0.2) is 15.0 Å². The molecule has 0 saturated carbocycles. The number of carbonyl (C=O) groups excluding carboxylic acids is 1. The van der Waals surface area contributed by atoms with Crippen LogP contribution in [0.4, 0.5) is 16.1 Å². The Morgan fingerprint density at radius 2 is 2.17 bits per heavy atom. The van der Waals surface area contributed by atoms with Crippen molar-refractivity contribution in [3.8, 4) is 10.6 Å². The summed E-state index contributed by atoms with van der Waals surface area (Å²) in [6.45, 7) is 4.68. The molecule has 2 N–H and O–H groups in total. The van der Waals surface area contributed by atoms with Gasteiger partial charge in [0.2, 0.25) is 5.91 Å². The Kier molecular flexibility index (Phi) is 6.17. The molecule has 0 radical (unpaired) electrons. The minimum atomic E-state index is -0.0524. The van der Waals surface area contributed by atoms with Crippen molar-refractivity contribution >= 4 is 44.7 Å². The van der Waals surface area contributed by atoms with Gasteiger partial charge >= 0.3 is 0 Å². The number of anilines is 3. The summed E-state index contributed by atoms with van der Waals surface area (Å²) >= 11 is 2.96. The lowest BCUT2D eigenvalue weighted by molar-refractivity contribution is -0.119. The number of amides is 1. The molecule has 4 heterocycles. The molecule has 0 bridgehead atoms. The SMILES string of the molecule is Cc1cccnc1Nc1nc(-c2sc(NC(=O)CC3CCCCO3)nc2C)cs1. The van der Waals surface area contributed by atoms with E-state index in [9.17, 15) is 4.79 Å². The summed E-state index contributed by atoms with van der Waals surface area (Å²) in [5, 5.41) is 9.54. The number of ether oxygens (including phenoxy) is 1. The van der Waals surface area contributed by atoms with Crippen LogP contribution in [0.15, 0.2) is 23.7 Å². The number of nitrogens with one attached hydrogen (secondary N) is 2. The summed E-state index contributed by atoms with van der Waals surface area (Å²) in [6, 6.07) is 3.91. The Balaban J connectivity index is 1.42. The third-order valence-electron chi connectivity index (χ3n) is 4.70. The van der Waals surface area contributed by atoms with Gasteiger partial charge in [-0.1, -0.05) is 17.4 Å². The number of carbonyl (C=O) groups is 1. The number of pyridine rings is 1. The van der Waals surface area contributed by atoms with Gasteiger partial charge in [0.25, 0.3) is 0 Å². The van der Waals surface area contributed by atoms with Gasteiger partial charge < -0.3 is 15.4 Å². The molecule has 152 valence electrons. The molecule has 0 aliphatic carbocycles. The van der Waals surface area contributed by atoms with Gasteiger partial charge in [0.05, 0.1) is 28.8 Å². The minimum absolute atomic E-state index is 0.0199. The van der Waals surface area contributed by atoms with E-state index < -0.39 is 0 Å². The van der Waals surface area contributed by atoms with Crippen LogP contribution in [0.5, 0.6) is 0 Å². The number of aryl methyl sites for hydroxylation is 2. The number of hydrogen-bond donors (Lipinski definition) is 2. The zero-order valence-corrected chi connectivity index (χ0v) is 18.0. The predicted octanol–water partition coefficient (Wildman–Crippen LogP) is 4.92. The van der Waals surface area contributed by atoms with E-state index in [1.54, 1.807) is 6.20 Å². The van der Waals surface area contributed by atoms with Crippen LogP contribution in [-0.4, -0.2) is 33.6 Å². The van der Waals surface area contributed by atoms with Crippen molar-refractivity contribution in [3.05, 3.63) is 35.0 Å². The van der Waals surface area contributed by atoms with Crippen LogP contribution in [0.25, 0.3) is 10.6 Å². The maximum absolute atomic E-state index is 12.3. The Morgan fingerprint density at radius 3 is 2.97 bits per heavy atom. The van der Waals surface area contributed by atoms with Crippen molar-refractivity contribution in [3.63, 3.8) is 0 Å². The summed E-state index contributed by atoms with van der Waals surface area (Å²) in [6.07, 6.45) is 5.30. The second kappa shape index (κ2) is 8.98. The zero-order chi connectivity index (χ0) is 20.2. The van der Waals surface area contributed by atoms with Gasteiger partial charge in [0.1, 0.15) is 5.82 Å². The molecule has 4 rings (SSSR count). The highest BCUT2D eigenvalue weighted by Crippen LogP contribution is 2.35. The quantitative estimate of drug-likeness (QED) is 0.578. The molecule has 1 aliphatic heterocycles. The second-order valence-electron chi connectivity index (χ2n) is 7.01. The molecule has 3 aromatic rings. The molecule has 7 nitrogen and oxygen atoms in total. The second-order valence-corrected chi connectivity index (χ2v) is 8.86. The van der Waals surface area contributed by atoms with Gasteiger partial charge in [-0.2, -0.15) is 0 Å². The first-order valence-corrected chi connectivity index (χ1v) is 11.3. The molecule has 1 saturated heterocycles. The van der Waals surface area contributed by atoms with E-state index in [-0.39, 0.29) is 12.0 Å². The molecule has 1 aliphatic rings. The van der Waals surface area contributed by atoms with Gasteiger partial charge in [-0.15, -0.1) is 11.3 Å². The lowest BCUT2D eigenvalue weighted by Gasteiger charge is -2.21. The van der Waals surface area contributed by atoms with E-state index in [4.69, 9.17) is 4.74 Å². The Labute approximate surface area is 177 Å². The Hall–Kier alpha value is -2.36. The highest BCUT2D eigenvalue weighted by atomic mass is 32.1. The average Bonchev–Trinajstić information content (AvgIpc) is 3.30. The fourth-order valence-electron chi connectivity index (χ4n) is 3.19. The molecule has 1 amide bonds. The van der Waals surface area contributed by atoms with Gasteiger partial charge in [0.15, 0.2) is 10.3 Å². The molecule has 0 aromatic carbocycles. The molecule has 29 heavy (non-hydrogen) atoms. The van der Waals surface area contributed by atoms with Crippen LogP contribution in [0.3, 0.4) is 0 Å². The molecule has 3 aromatic heterocycles. The van der Waals surface area contributed by atoms with Crippen LogP contribution < -0.4 is 10.6 Å². The molecule has 9 heteroatoms. The number of rotatable bonds is 6. The van der Waals surface area contributed by atoms with Crippen molar-refractivity contribution in [1.29, 1.82) is 0 Å². The summed E-state index contributed by atoms with van der Waals surface area (Å²) in [5.74, 6) is 0.746. The number of aromatic nitrogens is 3. The lowest BCUT2D eigenvalue weighted by atomic mass is 10.1. The van der Waals surface area contributed by atoms with E-state index >= 15 is 0 Å². The highest BCUT2D eigenvalue weighted by molar-refractivity contribution is 7.20. The maximum Gasteiger partial charge on any atom is 0.228 e. The van der Waals surface area contributed by atoms with Crippen molar-refractivity contribution in [2.45, 2.75) is 45.6 Å². The van der Waals surface area contributed by atoms with Crippen molar-refractivity contribution in [2.24, 2.45) is 0 Å². The monoisotopic (exact) mass is 429 g/mol. The molecular weight excluding hydrogens is 406 g/mol. The third-order valence-corrected chi connectivity index (χ3v) is 6.55. The predicted molar refractivity (Wildman–Crippen MR) is 117 cm³/mol. The zero-order valence-electron chi connectivity index (χ0n) is 16.4. The molecule has 1 atom stereocenters. The van der Waals surface area contributed by atoms with E-state index in [1.165, 1.54) is 22.7 Å². The van der Waals surface area contributed by atoms with Crippen LogP contribution in [0.2, 0.25) is 0 Å². The standard InChI is InChI=1S/C20H23N5O2S2/c1-12-6-5-8-21-18(12)25-19-23-15(11-28-19)17-13(2)22-20(29-17)24-16(26)10-14-7-3-4-9-27-14/h5-6,8,11,14H,3-4,7,9-10H2,1-2H3,(H,21,23,25)(H,22,24,26). The van der Waals surface area contributed by atoms with Crippen LogP contribution in [0.1, 0.15) is 36.9 Å². The van der Waals surface area contributed by atoms with E-state index in [0.29, 0.717) is 11.6 Å². The van der Waals surface area contributed by atoms with Crippen molar-refractivity contribution in [1.82, 2.24) is 15.0 Å². The number of hydrogen-bond acceptors (Lipinski definition) is 8. The lowest BCUT2D eigenvalue weighted by Crippen LogP contribution is -2.25. The van der Waals surface area contributed by atoms with Crippen LogP contribution >= 0.6 is 22.7 Å². The summed E-state index contributed by atoms with van der Waals surface area (Å²) in [7, 11) is 0. The molecular formula is C20H23N5O2S2. The fraction of sp³-hybridized carbons (Fsp3) is 0.400. The van der Waals surface area contributed by atoms with Crippen molar-refractivity contribution < 1.29 is 9.53 Å². The van der Waals surface area contributed by atoms with E-state index in [0.717, 1.165) is 58.6 Å². The normalized spacial score (nSPS) is 16.6. The summed E-state index contributed by atoms with van der Waals surface area (Å²) < 4.78 is 5.65. The molecule has 1 unspecified atom stereocenters. The first kappa shape index (κ1) is 19.9. The first-order chi connectivity index (χ1) is 14.1. The van der Waals surface area contributed by atoms with Gasteiger partial charge in [-0.3, -0.25) is 4.79 Å². The third kappa shape index (κ3) is 4.98. The van der Waals surface area contributed by atoms with E-state index in [2.05, 4.69) is 25.6 Å². The minimum Gasteiger partial charge on any atom is -0.378 e. The Morgan fingerprint density at radius 1 is 1.28 bits per heavy atom. The average molecular weight is 430 g/mol. The van der Waals surface area contributed by atoms with Gasteiger partial charge in [-0.05, 0) is 44.7 Å². The largest absolute Gasteiger partial charge is 0.378 e. The number of nitrogens with zero attached hydrogens (tertiary/aromatic N) is 3. The van der Waals surface area contributed by atoms with Crippen LogP contribution in [0, 0.1) is 13.8 Å². The number of thiazole rings is 2. The smallest absolute Gasteiger partial charge is 0.228 e. The topological polar surface area (TPSA) is 89.0 Å². The first-order valence-electron chi connectivity index (χ1n) is 9.62. The Bertz CT molecular complexity index is 994. The van der Waals surface area contributed by atoms with Crippen LogP contribution in [-0.2, 0) is 9.53 Å². The summed E-state index contributed by atoms with van der Waals surface area (Å²) in [5.41, 5.74) is 2.76. The highest BCUT2D eigenvalue weighted by Gasteiger charge is 2.20. The van der Waals surface area contributed by atoms with Crippen molar-refractivity contribution in [2.75, 3.05) is 17.2 Å². The maximum atomic E-state index is 12.3. The molecule has 0 spiro atoms. The van der Waals surface area contributed by atoms with E-state index in [1.807, 2.05) is 31.4 Å².